The van der Waals surface area contributed by atoms with Crippen LogP contribution in [0.4, 0.5) is 0 Å². The molecule has 0 bridgehead atoms. The van der Waals surface area contributed by atoms with E-state index in [1.807, 2.05) is 53.1 Å². The Kier molecular flexibility index (Phi) is 7.47. The predicted molar refractivity (Wildman–Crippen MR) is 140 cm³/mol. The van der Waals surface area contributed by atoms with E-state index in [0.717, 1.165) is 48.9 Å². The molecule has 0 radical (unpaired) electrons. The van der Waals surface area contributed by atoms with E-state index in [1.165, 1.54) is 0 Å². The van der Waals surface area contributed by atoms with Gasteiger partial charge in [0, 0.05) is 43.2 Å². The van der Waals surface area contributed by atoms with E-state index in [0.29, 0.717) is 41.2 Å². The molecule has 2 aromatic heterocycles. The third-order valence-electron chi connectivity index (χ3n) is 6.32. The monoisotopic (exact) mass is 525 g/mol. The molecular formula is C25H28ClN7O2S. The fraction of sp³-hybridized carbons (Fsp3) is 0.360. The SMILES string of the molecule is COc1ccc(Cc2nnc(-c3ccc(Cl)cc3)n2Cc2nn(CN3CCN(C)CC3)c(=S)o2)cc1. The molecule has 0 amide bonds. The first kappa shape index (κ1) is 24.6. The minimum atomic E-state index is 0.357. The molecule has 3 heterocycles. The van der Waals surface area contributed by atoms with Crippen molar-refractivity contribution >= 4 is 23.8 Å². The van der Waals surface area contributed by atoms with Crippen LogP contribution in [0.25, 0.3) is 11.4 Å². The highest BCUT2D eigenvalue weighted by atomic mass is 35.5. The van der Waals surface area contributed by atoms with E-state index < -0.39 is 0 Å². The van der Waals surface area contributed by atoms with Crippen molar-refractivity contribution in [1.29, 1.82) is 0 Å². The van der Waals surface area contributed by atoms with Gasteiger partial charge in [-0.05, 0) is 61.2 Å². The summed E-state index contributed by atoms with van der Waals surface area (Å²) in [5.41, 5.74) is 2.00. The second-order valence-electron chi connectivity index (χ2n) is 8.88. The molecule has 1 saturated heterocycles. The Bertz CT molecular complexity index is 1360. The van der Waals surface area contributed by atoms with E-state index in [1.54, 1.807) is 11.8 Å². The van der Waals surface area contributed by atoms with Gasteiger partial charge in [0.05, 0.1) is 13.8 Å². The van der Waals surface area contributed by atoms with Gasteiger partial charge in [-0.2, -0.15) is 0 Å². The molecule has 1 fully saturated rings. The summed E-state index contributed by atoms with van der Waals surface area (Å²) >= 11 is 11.6. The first-order valence-corrected chi connectivity index (χ1v) is 12.6. The second kappa shape index (κ2) is 10.9. The highest BCUT2D eigenvalue weighted by Crippen LogP contribution is 2.23. The Labute approximate surface area is 219 Å². The van der Waals surface area contributed by atoms with Gasteiger partial charge in [0.15, 0.2) is 5.82 Å². The average Bonchev–Trinajstić information content (AvgIpc) is 3.44. The van der Waals surface area contributed by atoms with Gasteiger partial charge in [-0.3, -0.25) is 4.90 Å². The van der Waals surface area contributed by atoms with Crippen LogP contribution >= 0.6 is 23.8 Å². The standard InChI is InChI=1S/C25H28ClN7O2S/c1-30-11-13-31(14-12-30)17-33-25(36)35-23(29-33)16-32-22(15-18-3-9-21(34-2)10-4-18)27-28-24(32)19-5-7-20(26)8-6-19/h3-10H,11-17H2,1-2H3. The van der Waals surface area contributed by atoms with Crippen molar-refractivity contribution < 1.29 is 9.15 Å². The highest BCUT2D eigenvalue weighted by molar-refractivity contribution is 7.71. The molecule has 0 atom stereocenters. The van der Waals surface area contributed by atoms with Gasteiger partial charge >= 0.3 is 0 Å². The summed E-state index contributed by atoms with van der Waals surface area (Å²) in [5.74, 6) is 2.83. The molecule has 1 aliphatic rings. The summed E-state index contributed by atoms with van der Waals surface area (Å²) in [6.45, 7) is 4.96. The van der Waals surface area contributed by atoms with Crippen LogP contribution in [0.5, 0.6) is 5.75 Å². The molecular weight excluding hydrogens is 498 g/mol. The molecule has 0 unspecified atom stereocenters. The van der Waals surface area contributed by atoms with Gasteiger partial charge < -0.3 is 18.6 Å². The van der Waals surface area contributed by atoms with Crippen LogP contribution in [0.2, 0.25) is 5.02 Å². The minimum absolute atomic E-state index is 0.357. The number of hydrogen-bond donors (Lipinski definition) is 0. The Balaban J connectivity index is 1.42. The number of benzene rings is 2. The lowest BCUT2D eigenvalue weighted by Gasteiger charge is -2.31. The number of halogens is 1. The molecule has 0 saturated carbocycles. The van der Waals surface area contributed by atoms with Crippen LogP contribution in [0, 0.1) is 4.84 Å². The van der Waals surface area contributed by atoms with Gasteiger partial charge in [0.1, 0.15) is 18.1 Å². The lowest BCUT2D eigenvalue weighted by molar-refractivity contribution is 0.118. The zero-order chi connectivity index (χ0) is 25.1. The number of nitrogens with zero attached hydrogens (tertiary/aromatic N) is 7. The summed E-state index contributed by atoms with van der Waals surface area (Å²) in [6, 6.07) is 15.5. The Morgan fingerprint density at radius 1 is 1.00 bits per heavy atom. The van der Waals surface area contributed by atoms with Crippen molar-refractivity contribution in [2.24, 2.45) is 0 Å². The van der Waals surface area contributed by atoms with Crippen molar-refractivity contribution in [2.75, 3.05) is 40.3 Å². The smallest absolute Gasteiger partial charge is 0.288 e. The van der Waals surface area contributed by atoms with Gasteiger partial charge in [-0.1, -0.05) is 23.7 Å². The molecule has 0 aliphatic carbocycles. The first-order chi connectivity index (χ1) is 17.5. The lowest BCUT2D eigenvalue weighted by atomic mass is 10.1. The Morgan fingerprint density at radius 3 is 2.42 bits per heavy atom. The van der Waals surface area contributed by atoms with Gasteiger partial charge in [-0.15, -0.1) is 15.3 Å². The maximum Gasteiger partial charge on any atom is 0.288 e. The van der Waals surface area contributed by atoms with E-state index in [-0.39, 0.29) is 0 Å². The fourth-order valence-electron chi connectivity index (χ4n) is 4.19. The molecule has 0 spiro atoms. The molecule has 2 aromatic carbocycles. The molecule has 1 aliphatic heterocycles. The maximum atomic E-state index is 6.12. The zero-order valence-electron chi connectivity index (χ0n) is 20.3. The number of ether oxygens (including phenoxy) is 1. The van der Waals surface area contributed by atoms with Crippen LogP contribution in [0.3, 0.4) is 0 Å². The first-order valence-electron chi connectivity index (χ1n) is 11.8. The quantitative estimate of drug-likeness (QED) is 0.320. The number of aromatic nitrogens is 5. The third-order valence-corrected chi connectivity index (χ3v) is 6.87. The summed E-state index contributed by atoms with van der Waals surface area (Å²) in [4.78, 5) is 5.01. The van der Waals surface area contributed by atoms with Gasteiger partial charge in [0.25, 0.3) is 4.84 Å². The van der Waals surface area contributed by atoms with Crippen LogP contribution in [0.15, 0.2) is 52.9 Å². The van der Waals surface area contributed by atoms with Crippen LogP contribution in [-0.4, -0.2) is 74.7 Å². The van der Waals surface area contributed by atoms with E-state index in [9.17, 15) is 0 Å². The van der Waals surface area contributed by atoms with E-state index in [4.69, 9.17) is 38.1 Å². The number of hydrogen-bond acceptors (Lipinski definition) is 8. The van der Waals surface area contributed by atoms with Crippen LogP contribution < -0.4 is 4.74 Å². The number of rotatable bonds is 8. The molecule has 4 aromatic rings. The second-order valence-corrected chi connectivity index (χ2v) is 9.67. The number of likely N-dealkylation sites (N-methyl/N-ethyl adjacent to an activating group) is 1. The number of methoxy groups -OCH3 is 1. The van der Waals surface area contributed by atoms with Crippen molar-refractivity contribution in [3.05, 3.63) is 75.7 Å². The van der Waals surface area contributed by atoms with Gasteiger partial charge in [0.2, 0.25) is 5.89 Å². The van der Waals surface area contributed by atoms with Crippen molar-refractivity contribution in [1.82, 2.24) is 34.3 Å². The largest absolute Gasteiger partial charge is 0.497 e. The molecule has 9 nitrogen and oxygen atoms in total. The molecule has 36 heavy (non-hydrogen) atoms. The van der Waals surface area contributed by atoms with E-state index >= 15 is 0 Å². The van der Waals surface area contributed by atoms with Crippen LogP contribution in [-0.2, 0) is 19.6 Å². The normalized spacial score (nSPS) is 14.9. The predicted octanol–water partition coefficient (Wildman–Crippen LogP) is 3.97. The Hall–Kier alpha value is -3.05. The number of piperazine rings is 1. The molecule has 5 rings (SSSR count). The molecule has 11 heteroatoms. The van der Waals surface area contributed by atoms with Gasteiger partial charge in [-0.25, -0.2) is 4.68 Å². The highest BCUT2D eigenvalue weighted by Gasteiger charge is 2.19. The summed E-state index contributed by atoms with van der Waals surface area (Å²) in [6.07, 6.45) is 0.591. The Morgan fingerprint density at radius 2 is 1.72 bits per heavy atom. The summed E-state index contributed by atoms with van der Waals surface area (Å²) < 4.78 is 15.0. The topological polar surface area (TPSA) is 77.4 Å². The van der Waals surface area contributed by atoms with Crippen molar-refractivity contribution in [3.8, 4) is 17.1 Å². The third kappa shape index (κ3) is 5.67. The van der Waals surface area contributed by atoms with Crippen molar-refractivity contribution in [3.63, 3.8) is 0 Å². The van der Waals surface area contributed by atoms with Crippen LogP contribution in [0.1, 0.15) is 17.3 Å². The molecule has 188 valence electrons. The maximum absolute atomic E-state index is 6.12. The average molecular weight is 526 g/mol. The fourth-order valence-corrected chi connectivity index (χ4v) is 4.51. The zero-order valence-corrected chi connectivity index (χ0v) is 21.9. The van der Waals surface area contributed by atoms with E-state index in [2.05, 4.69) is 27.0 Å². The van der Waals surface area contributed by atoms with Crippen molar-refractivity contribution in [2.45, 2.75) is 19.6 Å². The lowest BCUT2D eigenvalue weighted by Crippen LogP contribution is -2.45. The summed E-state index contributed by atoms with van der Waals surface area (Å²) in [5, 5.41) is 14.4. The minimum Gasteiger partial charge on any atom is -0.497 e. The summed E-state index contributed by atoms with van der Waals surface area (Å²) in [7, 11) is 3.79. The molecule has 0 N–H and O–H groups in total.